The SMILES string of the molecule is COc1cc2ncnc(-n3nc(Nc4ccc(N5CCN(CC6CC6)C(C)C5)nc4)nc3N)c2cc1OC. The predicted molar refractivity (Wildman–Crippen MR) is 145 cm³/mol. The topological polar surface area (TPSA) is 132 Å². The van der Waals surface area contributed by atoms with Gasteiger partial charge in [0.1, 0.15) is 12.1 Å². The molecular weight excluding hydrogens is 484 g/mol. The number of aromatic nitrogens is 6. The second-order valence-electron chi connectivity index (χ2n) is 9.89. The highest BCUT2D eigenvalue weighted by Crippen LogP contribution is 2.34. The molecule has 4 aromatic rings. The van der Waals surface area contributed by atoms with Gasteiger partial charge in [-0.05, 0) is 43.9 Å². The summed E-state index contributed by atoms with van der Waals surface area (Å²) >= 11 is 0. The smallest absolute Gasteiger partial charge is 0.248 e. The van der Waals surface area contributed by atoms with E-state index in [-0.39, 0.29) is 5.95 Å². The Bertz CT molecular complexity index is 1440. The van der Waals surface area contributed by atoms with Crippen molar-refractivity contribution in [2.24, 2.45) is 5.92 Å². The van der Waals surface area contributed by atoms with E-state index in [1.165, 1.54) is 30.4 Å². The van der Waals surface area contributed by atoms with Gasteiger partial charge in [-0.1, -0.05) is 0 Å². The number of nitrogen functional groups attached to an aromatic ring is 1. The second-order valence-corrected chi connectivity index (χ2v) is 9.89. The van der Waals surface area contributed by atoms with Crippen molar-refractivity contribution in [3.8, 4) is 17.3 Å². The van der Waals surface area contributed by atoms with Crippen molar-refractivity contribution in [2.75, 3.05) is 56.3 Å². The number of pyridine rings is 1. The number of nitrogens with one attached hydrogen (secondary N) is 1. The Morgan fingerprint density at radius 3 is 2.58 bits per heavy atom. The molecule has 198 valence electrons. The van der Waals surface area contributed by atoms with Crippen molar-refractivity contribution in [3.05, 3.63) is 36.8 Å². The maximum atomic E-state index is 6.23. The molecular formula is C26H32N10O2. The molecule has 38 heavy (non-hydrogen) atoms. The molecule has 1 saturated heterocycles. The monoisotopic (exact) mass is 516 g/mol. The molecule has 0 spiro atoms. The number of anilines is 4. The van der Waals surface area contributed by atoms with Gasteiger partial charge in [0.2, 0.25) is 11.9 Å². The molecule has 1 unspecified atom stereocenters. The normalized spacial score (nSPS) is 18.1. The van der Waals surface area contributed by atoms with Crippen LogP contribution in [0.1, 0.15) is 19.8 Å². The zero-order valence-corrected chi connectivity index (χ0v) is 21.8. The highest BCUT2D eigenvalue weighted by atomic mass is 16.5. The van der Waals surface area contributed by atoms with Crippen molar-refractivity contribution >= 4 is 34.3 Å². The van der Waals surface area contributed by atoms with Crippen LogP contribution < -0.4 is 25.4 Å². The van der Waals surface area contributed by atoms with Crippen molar-refractivity contribution < 1.29 is 9.47 Å². The molecule has 0 amide bonds. The first-order chi connectivity index (χ1) is 18.5. The number of hydrogen-bond acceptors (Lipinski definition) is 11. The average molecular weight is 517 g/mol. The molecule has 1 aromatic carbocycles. The summed E-state index contributed by atoms with van der Waals surface area (Å²) in [5, 5.41) is 8.44. The second kappa shape index (κ2) is 9.93. The molecule has 4 heterocycles. The van der Waals surface area contributed by atoms with Crippen LogP contribution in [0.25, 0.3) is 16.7 Å². The van der Waals surface area contributed by atoms with Gasteiger partial charge in [-0.2, -0.15) is 9.67 Å². The number of fused-ring (bicyclic) bond motifs is 1. The van der Waals surface area contributed by atoms with Crippen molar-refractivity contribution in [1.29, 1.82) is 0 Å². The number of piperazine rings is 1. The number of methoxy groups -OCH3 is 2. The quantitative estimate of drug-likeness (QED) is 0.358. The maximum absolute atomic E-state index is 6.23. The summed E-state index contributed by atoms with van der Waals surface area (Å²) in [5.74, 6) is 4.03. The van der Waals surface area contributed by atoms with Gasteiger partial charge in [-0.3, -0.25) is 4.90 Å². The van der Waals surface area contributed by atoms with E-state index in [9.17, 15) is 0 Å². The van der Waals surface area contributed by atoms with E-state index in [1.807, 2.05) is 12.1 Å². The minimum atomic E-state index is 0.185. The third kappa shape index (κ3) is 4.74. The standard InChI is InChI=1S/C26H32N10O2/c1-16-13-35(9-8-34(16)14-17-4-5-17)23-7-6-18(12-28-23)31-26-32-25(27)36(33-26)24-19-10-21(37-2)22(38-3)11-20(19)29-15-30-24/h6-7,10-12,15-17H,4-5,8-9,13-14H2,1-3H3,(H3,27,31,32,33). The number of nitrogens with two attached hydrogens (primary N) is 1. The number of benzene rings is 1. The van der Waals surface area contributed by atoms with Crippen LogP contribution in [0.4, 0.5) is 23.4 Å². The van der Waals surface area contributed by atoms with Crippen LogP contribution in [-0.4, -0.2) is 81.1 Å². The third-order valence-electron chi connectivity index (χ3n) is 7.24. The molecule has 6 rings (SSSR count). The lowest BCUT2D eigenvalue weighted by Gasteiger charge is -2.40. The van der Waals surface area contributed by atoms with E-state index in [4.69, 9.17) is 20.2 Å². The van der Waals surface area contributed by atoms with Crippen LogP contribution in [0.15, 0.2) is 36.8 Å². The Hall–Kier alpha value is -4.19. The predicted octanol–water partition coefficient (Wildman–Crippen LogP) is 2.87. The van der Waals surface area contributed by atoms with Crippen molar-refractivity contribution in [1.82, 2.24) is 34.6 Å². The van der Waals surface area contributed by atoms with Crippen LogP contribution >= 0.6 is 0 Å². The molecule has 1 saturated carbocycles. The first-order valence-electron chi connectivity index (χ1n) is 12.8. The summed E-state index contributed by atoms with van der Waals surface area (Å²) in [5.41, 5.74) is 7.67. The molecule has 1 atom stereocenters. The van der Waals surface area contributed by atoms with Gasteiger partial charge in [0.05, 0.1) is 31.6 Å². The zero-order valence-electron chi connectivity index (χ0n) is 21.8. The van der Waals surface area contributed by atoms with Crippen LogP contribution in [0.3, 0.4) is 0 Å². The fourth-order valence-corrected chi connectivity index (χ4v) is 4.95. The van der Waals surface area contributed by atoms with Crippen LogP contribution in [0.5, 0.6) is 11.5 Å². The Labute approximate surface area is 220 Å². The zero-order chi connectivity index (χ0) is 26.2. The maximum Gasteiger partial charge on any atom is 0.248 e. The van der Waals surface area contributed by atoms with Gasteiger partial charge in [0.25, 0.3) is 0 Å². The Balaban J connectivity index is 1.18. The van der Waals surface area contributed by atoms with Crippen LogP contribution in [-0.2, 0) is 0 Å². The minimum absolute atomic E-state index is 0.185. The van der Waals surface area contributed by atoms with E-state index in [1.54, 1.807) is 32.5 Å². The summed E-state index contributed by atoms with van der Waals surface area (Å²) < 4.78 is 12.3. The van der Waals surface area contributed by atoms with Gasteiger partial charge in [-0.25, -0.2) is 15.0 Å². The number of rotatable bonds is 8. The molecule has 0 bridgehead atoms. The molecule has 12 heteroatoms. The third-order valence-corrected chi connectivity index (χ3v) is 7.24. The van der Waals surface area contributed by atoms with Gasteiger partial charge in [-0.15, -0.1) is 5.10 Å². The summed E-state index contributed by atoms with van der Waals surface area (Å²) in [7, 11) is 3.16. The van der Waals surface area contributed by atoms with Gasteiger partial charge in [0.15, 0.2) is 17.3 Å². The first kappa shape index (κ1) is 24.2. The lowest BCUT2D eigenvalue weighted by atomic mass is 10.1. The van der Waals surface area contributed by atoms with Crippen LogP contribution in [0, 0.1) is 5.92 Å². The molecule has 2 aliphatic rings. The Morgan fingerprint density at radius 1 is 1.05 bits per heavy atom. The summed E-state index contributed by atoms with van der Waals surface area (Å²) in [6.07, 6.45) is 6.03. The van der Waals surface area contributed by atoms with E-state index in [0.717, 1.165) is 37.1 Å². The van der Waals surface area contributed by atoms with E-state index in [0.29, 0.717) is 40.2 Å². The number of nitrogens with zero attached hydrogens (tertiary/aromatic N) is 8. The highest BCUT2D eigenvalue weighted by Gasteiger charge is 2.30. The number of ether oxygens (including phenoxy) is 2. The Morgan fingerprint density at radius 2 is 1.87 bits per heavy atom. The fraction of sp³-hybridized carbons (Fsp3) is 0.423. The van der Waals surface area contributed by atoms with Gasteiger partial charge in [0, 0.05) is 43.7 Å². The van der Waals surface area contributed by atoms with Crippen LogP contribution in [0.2, 0.25) is 0 Å². The largest absolute Gasteiger partial charge is 0.493 e. The molecule has 3 aromatic heterocycles. The minimum Gasteiger partial charge on any atom is -0.493 e. The molecule has 1 aliphatic heterocycles. The molecule has 2 fully saturated rings. The summed E-state index contributed by atoms with van der Waals surface area (Å²) in [6, 6.07) is 8.12. The van der Waals surface area contributed by atoms with Gasteiger partial charge >= 0.3 is 0 Å². The van der Waals surface area contributed by atoms with Gasteiger partial charge < -0.3 is 25.4 Å². The van der Waals surface area contributed by atoms with Crippen molar-refractivity contribution in [3.63, 3.8) is 0 Å². The Kier molecular flexibility index (Phi) is 6.32. The van der Waals surface area contributed by atoms with E-state index >= 15 is 0 Å². The first-order valence-corrected chi connectivity index (χ1v) is 12.8. The molecule has 0 radical (unpaired) electrons. The summed E-state index contributed by atoms with van der Waals surface area (Å²) in [4.78, 5) is 22.8. The molecule has 1 aliphatic carbocycles. The molecule has 12 nitrogen and oxygen atoms in total. The highest BCUT2D eigenvalue weighted by molar-refractivity contribution is 5.88. The molecule has 3 N–H and O–H groups in total. The van der Waals surface area contributed by atoms with E-state index in [2.05, 4.69) is 42.1 Å². The number of hydrogen-bond donors (Lipinski definition) is 2. The lowest BCUT2D eigenvalue weighted by molar-refractivity contribution is 0.181. The average Bonchev–Trinajstić information content (AvgIpc) is 3.69. The van der Waals surface area contributed by atoms with Crippen molar-refractivity contribution in [2.45, 2.75) is 25.8 Å². The fourth-order valence-electron chi connectivity index (χ4n) is 4.95. The van der Waals surface area contributed by atoms with E-state index < -0.39 is 0 Å². The lowest BCUT2D eigenvalue weighted by Crippen LogP contribution is -2.52. The summed E-state index contributed by atoms with van der Waals surface area (Å²) in [6.45, 7) is 6.60.